The van der Waals surface area contributed by atoms with Gasteiger partial charge < -0.3 is 10.0 Å². The SMILES string of the molecule is CC(O)CCN(C)Cc1cn(C)nc1-c1ccccc1. The molecular formula is C16H23N3O. The van der Waals surface area contributed by atoms with Gasteiger partial charge in [-0.3, -0.25) is 4.68 Å². The van der Waals surface area contributed by atoms with Gasteiger partial charge in [0.1, 0.15) is 0 Å². The minimum Gasteiger partial charge on any atom is -0.393 e. The lowest BCUT2D eigenvalue weighted by Gasteiger charge is -2.17. The van der Waals surface area contributed by atoms with Gasteiger partial charge >= 0.3 is 0 Å². The third kappa shape index (κ3) is 3.92. The zero-order chi connectivity index (χ0) is 14.5. The van der Waals surface area contributed by atoms with Gasteiger partial charge in [0.15, 0.2) is 0 Å². The summed E-state index contributed by atoms with van der Waals surface area (Å²) in [5.74, 6) is 0. The Bertz CT molecular complexity index is 534. The van der Waals surface area contributed by atoms with Gasteiger partial charge in [0.2, 0.25) is 0 Å². The number of benzene rings is 1. The summed E-state index contributed by atoms with van der Waals surface area (Å²) < 4.78 is 1.86. The maximum atomic E-state index is 9.36. The Labute approximate surface area is 120 Å². The van der Waals surface area contributed by atoms with Crippen molar-refractivity contribution < 1.29 is 5.11 Å². The molecule has 0 aliphatic heterocycles. The van der Waals surface area contributed by atoms with E-state index in [9.17, 15) is 5.11 Å². The van der Waals surface area contributed by atoms with E-state index in [1.807, 2.05) is 36.9 Å². The van der Waals surface area contributed by atoms with Crippen molar-refractivity contribution in [2.75, 3.05) is 13.6 Å². The van der Waals surface area contributed by atoms with Crippen LogP contribution in [0.25, 0.3) is 11.3 Å². The zero-order valence-electron chi connectivity index (χ0n) is 12.5. The first-order chi connectivity index (χ1) is 9.56. The first-order valence-electron chi connectivity index (χ1n) is 7.01. The summed E-state index contributed by atoms with van der Waals surface area (Å²) in [6.45, 7) is 3.54. The van der Waals surface area contributed by atoms with Crippen LogP contribution in [0, 0.1) is 0 Å². The topological polar surface area (TPSA) is 41.3 Å². The van der Waals surface area contributed by atoms with Crippen molar-refractivity contribution in [1.82, 2.24) is 14.7 Å². The molecule has 1 unspecified atom stereocenters. The number of aliphatic hydroxyl groups excluding tert-OH is 1. The summed E-state index contributed by atoms with van der Waals surface area (Å²) in [7, 11) is 4.02. The molecule has 1 atom stereocenters. The summed E-state index contributed by atoms with van der Waals surface area (Å²) in [4.78, 5) is 2.22. The molecule has 0 aliphatic rings. The second kappa shape index (κ2) is 6.68. The first kappa shape index (κ1) is 14.8. The van der Waals surface area contributed by atoms with Gasteiger partial charge in [-0.05, 0) is 20.4 Å². The van der Waals surface area contributed by atoms with Crippen LogP contribution in [0.5, 0.6) is 0 Å². The molecule has 0 saturated carbocycles. The third-order valence-electron chi connectivity index (χ3n) is 3.32. The van der Waals surface area contributed by atoms with E-state index in [0.29, 0.717) is 0 Å². The fourth-order valence-corrected chi connectivity index (χ4v) is 2.27. The van der Waals surface area contributed by atoms with Crippen LogP contribution in [0.3, 0.4) is 0 Å². The first-order valence-corrected chi connectivity index (χ1v) is 7.01. The molecule has 0 aliphatic carbocycles. The van der Waals surface area contributed by atoms with Crippen molar-refractivity contribution in [3.63, 3.8) is 0 Å². The van der Waals surface area contributed by atoms with Gasteiger partial charge in [-0.2, -0.15) is 5.10 Å². The molecule has 1 aromatic carbocycles. The molecule has 0 fully saturated rings. The maximum absolute atomic E-state index is 9.36. The molecule has 1 heterocycles. The molecule has 2 aromatic rings. The Hall–Kier alpha value is -1.65. The molecule has 0 radical (unpaired) electrons. The van der Waals surface area contributed by atoms with Crippen molar-refractivity contribution in [3.05, 3.63) is 42.1 Å². The van der Waals surface area contributed by atoms with Crippen molar-refractivity contribution in [2.45, 2.75) is 26.0 Å². The molecule has 4 heteroatoms. The van der Waals surface area contributed by atoms with E-state index >= 15 is 0 Å². The average molecular weight is 273 g/mol. The van der Waals surface area contributed by atoms with Gasteiger partial charge in [-0.15, -0.1) is 0 Å². The number of nitrogens with zero attached hydrogens (tertiary/aromatic N) is 3. The molecular weight excluding hydrogens is 250 g/mol. The number of aliphatic hydroxyl groups is 1. The molecule has 1 aromatic heterocycles. The Kier molecular flexibility index (Phi) is 4.93. The summed E-state index contributed by atoms with van der Waals surface area (Å²) in [5, 5.41) is 13.9. The second-order valence-corrected chi connectivity index (χ2v) is 5.42. The number of aryl methyl sites for hydroxylation is 1. The number of hydrogen-bond acceptors (Lipinski definition) is 3. The lowest BCUT2D eigenvalue weighted by molar-refractivity contribution is 0.163. The van der Waals surface area contributed by atoms with Crippen LogP contribution < -0.4 is 0 Å². The fraction of sp³-hybridized carbons (Fsp3) is 0.438. The smallest absolute Gasteiger partial charge is 0.0968 e. The predicted octanol–water partition coefficient (Wildman–Crippen LogP) is 2.29. The third-order valence-corrected chi connectivity index (χ3v) is 3.32. The lowest BCUT2D eigenvalue weighted by Crippen LogP contribution is -2.22. The molecule has 1 N–H and O–H groups in total. The quantitative estimate of drug-likeness (QED) is 0.878. The summed E-state index contributed by atoms with van der Waals surface area (Å²) in [6, 6.07) is 10.3. The highest BCUT2D eigenvalue weighted by atomic mass is 16.3. The standard InChI is InChI=1S/C16H23N3O/c1-13(20)9-10-18(2)11-15-12-19(3)17-16(15)14-7-5-4-6-8-14/h4-8,12-13,20H,9-11H2,1-3H3. The molecule has 20 heavy (non-hydrogen) atoms. The lowest BCUT2D eigenvalue weighted by atomic mass is 10.1. The van der Waals surface area contributed by atoms with Crippen LogP contribution in [0.2, 0.25) is 0 Å². The highest BCUT2D eigenvalue weighted by molar-refractivity contribution is 5.62. The Morgan fingerprint density at radius 3 is 2.65 bits per heavy atom. The van der Waals surface area contributed by atoms with Gasteiger partial charge in [0.05, 0.1) is 11.8 Å². The Morgan fingerprint density at radius 1 is 1.30 bits per heavy atom. The molecule has 2 rings (SSSR count). The highest BCUT2D eigenvalue weighted by Crippen LogP contribution is 2.22. The number of aromatic nitrogens is 2. The van der Waals surface area contributed by atoms with Crippen molar-refractivity contribution in [3.8, 4) is 11.3 Å². The number of hydrogen-bond donors (Lipinski definition) is 1. The van der Waals surface area contributed by atoms with Crippen molar-refractivity contribution >= 4 is 0 Å². The van der Waals surface area contributed by atoms with E-state index in [2.05, 4.69) is 35.4 Å². The predicted molar refractivity (Wildman–Crippen MR) is 81.3 cm³/mol. The van der Waals surface area contributed by atoms with Crippen LogP contribution in [-0.4, -0.2) is 39.5 Å². The van der Waals surface area contributed by atoms with Gasteiger partial charge in [-0.25, -0.2) is 0 Å². The van der Waals surface area contributed by atoms with E-state index < -0.39 is 0 Å². The molecule has 108 valence electrons. The average Bonchev–Trinajstić information content (AvgIpc) is 2.78. The molecule has 4 nitrogen and oxygen atoms in total. The largest absolute Gasteiger partial charge is 0.393 e. The van der Waals surface area contributed by atoms with Crippen LogP contribution in [0.15, 0.2) is 36.5 Å². The van der Waals surface area contributed by atoms with E-state index in [0.717, 1.165) is 30.8 Å². The van der Waals surface area contributed by atoms with Crippen LogP contribution in [-0.2, 0) is 13.6 Å². The summed E-state index contributed by atoms with van der Waals surface area (Å²) in [5.41, 5.74) is 3.40. The van der Waals surface area contributed by atoms with E-state index in [1.165, 1.54) is 5.56 Å². The fourth-order valence-electron chi connectivity index (χ4n) is 2.27. The maximum Gasteiger partial charge on any atom is 0.0968 e. The molecule has 0 saturated heterocycles. The minimum absolute atomic E-state index is 0.250. The Morgan fingerprint density at radius 2 is 2.00 bits per heavy atom. The minimum atomic E-state index is -0.250. The normalized spacial score (nSPS) is 12.8. The van der Waals surface area contributed by atoms with E-state index in [4.69, 9.17) is 0 Å². The van der Waals surface area contributed by atoms with Gasteiger partial charge in [-0.1, -0.05) is 30.3 Å². The van der Waals surface area contributed by atoms with Crippen LogP contribution >= 0.6 is 0 Å². The van der Waals surface area contributed by atoms with E-state index in [1.54, 1.807) is 0 Å². The van der Waals surface area contributed by atoms with Crippen LogP contribution in [0.4, 0.5) is 0 Å². The summed E-state index contributed by atoms with van der Waals surface area (Å²) >= 11 is 0. The monoisotopic (exact) mass is 273 g/mol. The Balaban J connectivity index is 2.12. The second-order valence-electron chi connectivity index (χ2n) is 5.42. The molecule has 0 amide bonds. The highest BCUT2D eigenvalue weighted by Gasteiger charge is 2.12. The molecule has 0 spiro atoms. The van der Waals surface area contributed by atoms with Gasteiger partial charge in [0.25, 0.3) is 0 Å². The zero-order valence-corrected chi connectivity index (χ0v) is 12.5. The van der Waals surface area contributed by atoms with Gasteiger partial charge in [0, 0.05) is 37.5 Å². The molecule has 0 bridgehead atoms. The summed E-state index contributed by atoms with van der Waals surface area (Å²) in [6.07, 6.45) is 2.61. The number of rotatable bonds is 6. The van der Waals surface area contributed by atoms with Crippen molar-refractivity contribution in [1.29, 1.82) is 0 Å². The van der Waals surface area contributed by atoms with Crippen molar-refractivity contribution in [2.24, 2.45) is 7.05 Å². The van der Waals surface area contributed by atoms with E-state index in [-0.39, 0.29) is 6.10 Å². The van der Waals surface area contributed by atoms with Crippen LogP contribution in [0.1, 0.15) is 18.9 Å².